The average molecular weight is 327 g/mol. The summed E-state index contributed by atoms with van der Waals surface area (Å²) in [6.45, 7) is 0. The zero-order valence-corrected chi connectivity index (χ0v) is 11.8. The second kappa shape index (κ2) is 5.90. The summed E-state index contributed by atoms with van der Waals surface area (Å²) in [5.74, 6) is -1.87. The van der Waals surface area contributed by atoms with Gasteiger partial charge < -0.3 is 10.4 Å². The Labute approximate surface area is 126 Å². The molecule has 0 spiro atoms. The molecular weight excluding hydrogens is 320 g/mol. The number of nitro groups is 1. The molecule has 1 heterocycles. The van der Waals surface area contributed by atoms with Crippen molar-refractivity contribution in [3.8, 4) is 0 Å². The number of anilines is 1. The summed E-state index contributed by atoms with van der Waals surface area (Å²) in [6, 6.07) is 6.50. The van der Waals surface area contributed by atoms with Crippen LogP contribution in [0, 0.1) is 10.1 Å². The van der Waals surface area contributed by atoms with Crippen LogP contribution in [0.2, 0.25) is 5.02 Å². The predicted octanol–water partition coefficient (Wildman–Crippen LogP) is 3.26. The number of nitrogens with zero attached hydrogens (tertiary/aromatic N) is 1. The van der Waals surface area contributed by atoms with Crippen LogP contribution in [0.3, 0.4) is 0 Å². The van der Waals surface area contributed by atoms with Crippen molar-refractivity contribution >= 4 is 45.5 Å². The summed E-state index contributed by atoms with van der Waals surface area (Å²) < 4.78 is 0. The quantitative estimate of drug-likeness (QED) is 0.662. The summed E-state index contributed by atoms with van der Waals surface area (Å²) in [4.78, 5) is 33.1. The molecule has 9 heteroatoms. The molecule has 0 aliphatic heterocycles. The third-order valence-corrected chi connectivity index (χ3v) is 3.73. The van der Waals surface area contributed by atoms with Gasteiger partial charge in [-0.2, -0.15) is 0 Å². The number of benzene rings is 1. The molecule has 0 fully saturated rings. The highest BCUT2D eigenvalue weighted by Gasteiger charge is 2.18. The highest BCUT2D eigenvalue weighted by atomic mass is 35.5. The molecule has 1 aromatic heterocycles. The summed E-state index contributed by atoms with van der Waals surface area (Å²) in [5, 5.41) is 22.1. The zero-order chi connectivity index (χ0) is 15.6. The first-order chi connectivity index (χ1) is 9.88. The number of aromatic carboxylic acids is 1. The lowest BCUT2D eigenvalue weighted by atomic mass is 10.2. The molecule has 2 N–H and O–H groups in total. The van der Waals surface area contributed by atoms with Crippen molar-refractivity contribution in [3.05, 3.63) is 55.9 Å². The van der Waals surface area contributed by atoms with Crippen molar-refractivity contribution in [2.75, 3.05) is 5.32 Å². The van der Waals surface area contributed by atoms with Gasteiger partial charge in [0.05, 0.1) is 21.1 Å². The number of rotatable bonds is 4. The standard InChI is InChI=1S/C12H7ClN2O5S/c13-6-1-2-8(7(5-6)12(17)18)14-11(16)9-3-4-10(21-9)15(19)20/h1-5H,(H,14,16)(H,17,18). The van der Waals surface area contributed by atoms with Gasteiger partial charge in [-0.15, -0.1) is 0 Å². The third kappa shape index (κ3) is 3.36. The molecular formula is C12H7ClN2O5S. The van der Waals surface area contributed by atoms with Gasteiger partial charge in [-0.25, -0.2) is 4.79 Å². The molecule has 2 rings (SSSR count). The fourth-order valence-corrected chi connectivity index (χ4v) is 2.42. The highest BCUT2D eigenvalue weighted by Crippen LogP contribution is 2.26. The van der Waals surface area contributed by atoms with E-state index in [1.807, 2.05) is 0 Å². The van der Waals surface area contributed by atoms with Crippen molar-refractivity contribution in [1.82, 2.24) is 0 Å². The van der Waals surface area contributed by atoms with Gasteiger partial charge in [0, 0.05) is 11.1 Å². The number of amides is 1. The molecule has 2 aromatic rings. The first kappa shape index (κ1) is 14.9. The van der Waals surface area contributed by atoms with Crippen LogP contribution in [-0.4, -0.2) is 21.9 Å². The van der Waals surface area contributed by atoms with Crippen molar-refractivity contribution < 1.29 is 19.6 Å². The van der Waals surface area contributed by atoms with E-state index in [0.717, 1.165) is 0 Å². The van der Waals surface area contributed by atoms with E-state index in [2.05, 4.69) is 5.32 Å². The van der Waals surface area contributed by atoms with Gasteiger partial charge in [-0.05, 0) is 24.3 Å². The lowest BCUT2D eigenvalue weighted by Gasteiger charge is -2.07. The number of carboxylic acids is 1. The van der Waals surface area contributed by atoms with Crippen LogP contribution in [0.15, 0.2) is 30.3 Å². The van der Waals surface area contributed by atoms with E-state index in [1.165, 1.54) is 30.3 Å². The number of halogens is 1. The van der Waals surface area contributed by atoms with Crippen molar-refractivity contribution in [2.24, 2.45) is 0 Å². The maximum absolute atomic E-state index is 12.0. The molecule has 0 radical (unpaired) electrons. The van der Waals surface area contributed by atoms with Gasteiger partial charge in [0.2, 0.25) is 0 Å². The minimum Gasteiger partial charge on any atom is -0.478 e. The normalized spacial score (nSPS) is 10.1. The number of hydrogen-bond acceptors (Lipinski definition) is 5. The van der Waals surface area contributed by atoms with Crippen LogP contribution in [0.1, 0.15) is 20.0 Å². The third-order valence-electron chi connectivity index (χ3n) is 2.46. The topological polar surface area (TPSA) is 110 Å². The van der Waals surface area contributed by atoms with Crippen LogP contribution in [0.4, 0.5) is 10.7 Å². The smallest absolute Gasteiger partial charge is 0.337 e. The Kier molecular flexibility index (Phi) is 4.20. The Hall–Kier alpha value is -2.45. The molecule has 0 bridgehead atoms. The van der Waals surface area contributed by atoms with Gasteiger partial charge in [0.15, 0.2) is 0 Å². The summed E-state index contributed by atoms with van der Waals surface area (Å²) in [6.07, 6.45) is 0. The summed E-state index contributed by atoms with van der Waals surface area (Å²) >= 11 is 6.40. The lowest BCUT2D eigenvalue weighted by molar-refractivity contribution is -0.380. The fraction of sp³-hybridized carbons (Fsp3) is 0. The van der Waals surface area contributed by atoms with Crippen LogP contribution in [-0.2, 0) is 0 Å². The largest absolute Gasteiger partial charge is 0.478 e. The van der Waals surface area contributed by atoms with Crippen LogP contribution >= 0.6 is 22.9 Å². The van der Waals surface area contributed by atoms with E-state index in [-0.39, 0.29) is 26.2 Å². The van der Waals surface area contributed by atoms with Gasteiger partial charge in [0.25, 0.3) is 5.91 Å². The van der Waals surface area contributed by atoms with E-state index in [0.29, 0.717) is 11.3 Å². The summed E-state index contributed by atoms with van der Waals surface area (Å²) in [7, 11) is 0. The Morgan fingerprint density at radius 2 is 2.00 bits per heavy atom. The minimum atomic E-state index is -1.25. The lowest BCUT2D eigenvalue weighted by Crippen LogP contribution is -2.13. The Morgan fingerprint density at radius 3 is 2.57 bits per heavy atom. The Morgan fingerprint density at radius 1 is 1.29 bits per heavy atom. The molecule has 108 valence electrons. The molecule has 0 saturated carbocycles. The van der Waals surface area contributed by atoms with Crippen LogP contribution in [0.25, 0.3) is 0 Å². The molecule has 7 nitrogen and oxygen atoms in total. The van der Waals surface area contributed by atoms with Gasteiger partial charge in [-0.3, -0.25) is 14.9 Å². The van der Waals surface area contributed by atoms with Crippen molar-refractivity contribution in [1.29, 1.82) is 0 Å². The minimum absolute atomic E-state index is 0.0629. The molecule has 0 aliphatic carbocycles. The Bertz CT molecular complexity index is 743. The first-order valence-electron chi connectivity index (χ1n) is 5.47. The van der Waals surface area contributed by atoms with Crippen LogP contribution in [0.5, 0.6) is 0 Å². The molecule has 0 saturated heterocycles. The van der Waals surface area contributed by atoms with Gasteiger partial charge in [0.1, 0.15) is 0 Å². The maximum atomic E-state index is 12.0. The highest BCUT2D eigenvalue weighted by molar-refractivity contribution is 7.17. The molecule has 1 aromatic carbocycles. The number of carboxylic acid groups (broad SMARTS) is 1. The zero-order valence-electron chi connectivity index (χ0n) is 10.2. The monoisotopic (exact) mass is 326 g/mol. The predicted molar refractivity (Wildman–Crippen MR) is 77.3 cm³/mol. The first-order valence-corrected chi connectivity index (χ1v) is 6.66. The van der Waals surface area contributed by atoms with Gasteiger partial charge in [-0.1, -0.05) is 22.9 Å². The Balaban J connectivity index is 2.27. The molecule has 21 heavy (non-hydrogen) atoms. The summed E-state index contributed by atoms with van der Waals surface area (Å²) in [5.41, 5.74) is -0.102. The van der Waals surface area contributed by atoms with E-state index in [9.17, 15) is 19.7 Å². The molecule has 0 atom stereocenters. The molecule has 0 unspecified atom stereocenters. The SMILES string of the molecule is O=C(Nc1ccc(Cl)cc1C(=O)O)c1ccc([N+](=O)[O-])s1. The maximum Gasteiger partial charge on any atom is 0.337 e. The van der Waals surface area contributed by atoms with E-state index in [1.54, 1.807) is 0 Å². The molecule has 1 amide bonds. The fourth-order valence-electron chi connectivity index (χ4n) is 1.53. The van der Waals surface area contributed by atoms with Crippen molar-refractivity contribution in [2.45, 2.75) is 0 Å². The number of hydrogen-bond donors (Lipinski definition) is 2. The number of nitrogens with one attached hydrogen (secondary N) is 1. The second-order valence-electron chi connectivity index (χ2n) is 3.84. The van der Waals surface area contributed by atoms with Crippen LogP contribution < -0.4 is 5.32 Å². The van der Waals surface area contributed by atoms with Gasteiger partial charge >= 0.3 is 11.0 Å². The number of carbonyl (C=O) groups is 2. The van der Waals surface area contributed by atoms with E-state index < -0.39 is 16.8 Å². The number of thiophene rings is 1. The molecule has 0 aliphatic rings. The average Bonchev–Trinajstić information content (AvgIpc) is 2.90. The number of carbonyl (C=O) groups excluding carboxylic acids is 1. The van der Waals surface area contributed by atoms with E-state index in [4.69, 9.17) is 16.7 Å². The van der Waals surface area contributed by atoms with Crippen molar-refractivity contribution in [3.63, 3.8) is 0 Å². The second-order valence-corrected chi connectivity index (χ2v) is 5.34. The van der Waals surface area contributed by atoms with E-state index >= 15 is 0 Å².